The van der Waals surface area contributed by atoms with Gasteiger partial charge in [-0.1, -0.05) is 19.3 Å². The van der Waals surface area contributed by atoms with Crippen LogP contribution in [-0.2, 0) is 21.4 Å². The maximum Gasteiger partial charge on any atom is 0.281 e. The van der Waals surface area contributed by atoms with Crippen molar-refractivity contribution in [2.24, 2.45) is 5.92 Å². The molecule has 1 aliphatic carbocycles. The van der Waals surface area contributed by atoms with E-state index in [2.05, 4.69) is 0 Å². The highest BCUT2D eigenvalue weighted by Crippen LogP contribution is 2.34. The second-order valence-electron chi connectivity index (χ2n) is 9.47. The minimum atomic E-state index is -3.46. The first-order chi connectivity index (χ1) is 14.8. The van der Waals surface area contributed by atoms with Crippen LogP contribution in [0.1, 0.15) is 74.4 Å². The van der Waals surface area contributed by atoms with E-state index < -0.39 is 10.2 Å². The minimum absolute atomic E-state index is 0.0546. The molecule has 1 saturated carbocycles. The van der Waals surface area contributed by atoms with Crippen molar-refractivity contribution < 1.29 is 13.2 Å². The Bertz CT molecular complexity index is 927. The highest BCUT2D eigenvalue weighted by Gasteiger charge is 2.35. The van der Waals surface area contributed by atoms with E-state index in [9.17, 15) is 13.2 Å². The van der Waals surface area contributed by atoms with Crippen LogP contribution in [0.5, 0.6) is 0 Å². The Morgan fingerprint density at radius 3 is 2.48 bits per heavy atom. The SMILES string of the molecule is Cc1nc([C@H]2CCCN(S(=O)(=O)N(C)C)C2)nc2c1CCC(=O)N2CC1CCCCC1. The molecule has 1 aromatic rings. The van der Waals surface area contributed by atoms with Crippen molar-refractivity contribution in [1.82, 2.24) is 18.6 Å². The van der Waals surface area contributed by atoms with Gasteiger partial charge in [-0.2, -0.15) is 17.0 Å². The first kappa shape index (κ1) is 22.6. The molecule has 0 radical (unpaired) electrons. The quantitative estimate of drug-likeness (QED) is 0.690. The van der Waals surface area contributed by atoms with Gasteiger partial charge in [-0.25, -0.2) is 9.97 Å². The summed E-state index contributed by atoms with van der Waals surface area (Å²) in [5.74, 6) is 2.09. The van der Waals surface area contributed by atoms with E-state index in [0.29, 0.717) is 37.7 Å². The maximum atomic E-state index is 12.9. The van der Waals surface area contributed by atoms with Gasteiger partial charge in [0.25, 0.3) is 10.2 Å². The van der Waals surface area contributed by atoms with E-state index in [1.807, 2.05) is 11.8 Å². The zero-order chi connectivity index (χ0) is 22.2. The smallest absolute Gasteiger partial charge is 0.281 e. The van der Waals surface area contributed by atoms with E-state index in [1.165, 1.54) is 40.7 Å². The van der Waals surface area contributed by atoms with Crippen molar-refractivity contribution in [1.29, 1.82) is 0 Å². The Labute approximate surface area is 186 Å². The Balaban J connectivity index is 1.62. The van der Waals surface area contributed by atoms with E-state index >= 15 is 0 Å². The Morgan fingerprint density at radius 1 is 1.03 bits per heavy atom. The number of carbonyl (C=O) groups is 1. The van der Waals surface area contributed by atoms with Crippen molar-refractivity contribution in [2.45, 2.75) is 70.6 Å². The van der Waals surface area contributed by atoms with Crippen LogP contribution in [0.25, 0.3) is 0 Å². The summed E-state index contributed by atoms with van der Waals surface area (Å²) < 4.78 is 28.1. The zero-order valence-electron chi connectivity index (χ0n) is 19.0. The first-order valence-electron chi connectivity index (χ1n) is 11.6. The number of carbonyl (C=O) groups excluding carboxylic acids is 1. The summed E-state index contributed by atoms with van der Waals surface area (Å²) in [4.78, 5) is 24.5. The molecule has 1 amide bonds. The third kappa shape index (κ3) is 4.64. The summed E-state index contributed by atoms with van der Waals surface area (Å²) in [6, 6.07) is 0. The number of hydrogen-bond donors (Lipinski definition) is 0. The van der Waals surface area contributed by atoms with Gasteiger partial charge < -0.3 is 0 Å². The normalized spacial score (nSPS) is 23.9. The summed E-state index contributed by atoms with van der Waals surface area (Å²) in [6.07, 6.45) is 8.97. The van der Waals surface area contributed by atoms with Crippen LogP contribution in [0.4, 0.5) is 5.82 Å². The monoisotopic (exact) mass is 449 g/mol. The lowest BCUT2D eigenvalue weighted by molar-refractivity contribution is -0.119. The number of amides is 1. The molecule has 4 rings (SSSR count). The number of rotatable bonds is 5. The second kappa shape index (κ2) is 9.11. The van der Waals surface area contributed by atoms with Crippen LogP contribution in [0.2, 0.25) is 0 Å². The van der Waals surface area contributed by atoms with Crippen molar-refractivity contribution in [2.75, 3.05) is 38.6 Å². The van der Waals surface area contributed by atoms with Gasteiger partial charge in [0.2, 0.25) is 5.91 Å². The first-order valence-corrected chi connectivity index (χ1v) is 13.0. The lowest BCUT2D eigenvalue weighted by Gasteiger charge is -2.35. The topological polar surface area (TPSA) is 86.7 Å². The average Bonchev–Trinajstić information content (AvgIpc) is 2.76. The third-order valence-electron chi connectivity index (χ3n) is 7.06. The number of piperidine rings is 1. The number of hydrogen-bond acceptors (Lipinski definition) is 5. The molecule has 0 aromatic carbocycles. The fourth-order valence-electron chi connectivity index (χ4n) is 5.20. The van der Waals surface area contributed by atoms with Gasteiger partial charge in [-0.05, 0) is 44.9 Å². The highest BCUT2D eigenvalue weighted by molar-refractivity contribution is 7.86. The van der Waals surface area contributed by atoms with Gasteiger partial charge in [0.15, 0.2) is 0 Å². The predicted octanol–water partition coefficient (Wildman–Crippen LogP) is 2.63. The van der Waals surface area contributed by atoms with Crippen LogP contribution in [0, 0.1) is 12.8 Å². The van der Waals surface area contributed by atoms with Gasteiger partial charge >= 0.3 is 0 Å². The Kier molecular flexibility index (Phi) is 6.65. The van der Waals surface area contributed by atoms with Crippen molar-refractivity contribution in [3.05, 3.63) is 17.1 Å². The highest BCUT2D eigenvalue weighted by atomic mass is 32.2. The molecule has 2 aliphatic heterocycles. The molecule has 2 fully saturated rings. The van der Waals surface area contributed by atoms with E-state index in [-0.39, 0.29) is 11.8 Å². The van der Waals surface area contributed by atoms with Gasteiger partial charge in [0.1, 0.15) is 11.6 Å². The van der Waals surface area contributed by atoms with Crippen LogP contribution < -0.4 is 4.90 Å². The Morgan fingerprint density at radius 2 is 1.77 bits per heavy atom. The number of anilines is 1. The molecule has 0 N–H and O–H groups in total. The summed E-state index contributed by atoms with van der Waals surface area (Å²) in [7, 11) is -0.335. The van der Waals surface area contributed by atoms with E-state index in [4.69, 9.17) is 9.97 Å². The summed E-state index contributed by atoms with van der Waals surface area (Å²) in [5.41, 5.74) is 2.00. The summed E-state index contributed by atoms with van der Waals surface area (Å²) in [6.45, 7) is 3.64. The molecule has 8 nitrogen and oxygen atoms in total. The van der Waals surface area contributed by atoms with Gasteiger partial charge in [-0.15, -0.1) is 0 Å². The molecule has 1 aromatic heterocycles. The van der Waals surface area contributed by atoms with Crippen LogP contribution in [-0.4, -0.2) is 66.6 Å². The predicted molar refractivity (Wildman–Crippen MR) is 120 cm³/mol. The standard InChI is InChI=1S/C22H35N5O3S/c1-16-19-11-12-20(28)27(14-17-8-5-4-6-9-17)22(19)24-21(23-16)18-10-7-13-26(15-18)31(29,30)25(2)3/h17-18H,4-15H2,1-3H3/t18-/m0/s1. The van der Waals surface area contributed by atoms with Crippen molar-refractivity contribution in [3.63, 3.8) is 0 Å². The fraction of sp³-hybridized carbons (Fsp3) is 0.773. The zero-order valence-corrected chi connectivity index (χ0v) is 19.8. The third-order valence-corrected chi connectivity index (χ3v) is 8.96. The van der Waals surface area contributed by atoms with Crippen molar-refractivity contribution in [3.8, 4) is 0 Å². The number of fused-ring (bicyclic) bond motifs is 1. The summed E-state index contributed by atoms with van der Waals surface area (Å²) >= 11 is 0. The number of aryl methyl sites for hydroxylation is 1. The summed E-state index contributed by atoms with van der Waals surface area (Å²) in [5, 5.41) is 0. The molecule has 0 spiro atoms. The van der Waals surface area contributed by atoms with E-state index in [0.717, 1.165) is 36.5 Å². The molecule has 0 unspecified atom stereocenters. The molecule has 172 valence electrons. The number of nitrogens with zero attached hydrogens (tertiary/aromatic N) is 5. The minimum Gasteiger partial charge on any atom is -0.296 e. The molecule has 9 heteroatoms. The molecule has 3 aliphatic rings. The number of aromatic nitrogens is 2. The largest absolute Gasteiger partial charge is 0.296 e. The lowest BCUT2D eigenvalue weighted by Crippen LogP contribution is -2.45. The molecule has 1 atom stereocenters. The van der Waals surface area contributed by atoms with Gasteiger partial charge in [0, 0.05) is 57.3 Å². The molecule has 1 saturated heterocycles. The Hall–Kier alpha value is -1.58. The maximum absolute atomic E-state index is 12.9. The average molecular weight is 450 g/mol. The molecular formula is C22H35N5O3S. The van der Waals surface area contributed by atoms with Crippen LogP contribution in [0.3, 0.4) is 0 Å². The van der Waals surface area contributed by atoms with Crippen LogP contribution in [0.15, 0.2) is 0 Å². The molecular weight excluding hydrogens is 414 g/mol. The molecule has 31 heavy (non-hydrogen) atoms. The lowest BCUT2D eigenvalue weighted by atomic mass is 9.88. The van der Waals surface area contributed by atoms with Gasteiger partial charge in [0.05, 0.1) is 0 Å². The van der Waals surface area contributed by atoms with E-state index in [1.54, 1.807) is 14.1 Å². The van der Waals surface area contributed by atoms with Crippen LogP contribution >= 0.6 is 0 Å². The molecule has 0 bridgehead atoms. The second-order valence-corrected chi connectivity index (χ2v) is 11.6. The molecule has 3 heterocycles. The fourth-order valence-corrected chi connectivity index (χ4v) is 6.39. The van der Waals surface area contributed by atoms with Gasteiger partial charge in [-0.3, -0.25) is 9.69 Å². The van der Waals surface area contributed by atoms with Crippen molar-refractivity contribution >= 4 is 21.9 Å².